The molecule has 0 amide bonds. The number of aryl methyl sites for hydroxylation is 2. The van der Waals surface area contributed by atoms with Crippen LogP contribution in [0.5, 0.6) is 0 Å². The summed E-state index contributed by atoms with van der Waals surface area (Å²) in [6, 6.07) is 14.0. The van der Waals surface area contributed by atoms with Crippen LogP contribution >= 0.6 is 0 Å². The van der Waals surface area contributed by atoms with E-state index in [1.54, 1.807) is 0 Å². The molecule has 0 N–H and O–H groups in total. The highest BCUT2D eigenvalue weighted by molar-refractivity contribution is 6.18. The van der Waals surface area contributed by atoms with E-state index < -0.39 is 11.9 Å². The van der Waals surface area contributed by atoms with Crippen LogP contribution in [0.1, 0.15) is 38.3 Å². The second-order valence-electron chi connectivity index (χ2n) is 7.08. The van der Waals surface area contributed by atoms with Crippen LogP contribution in [0.15, 0.2) is 42.5 Å². The third-order valence-electron chi connectivity index (χ3n) is 5.72. The van der Waals surface area contributed by atoms with E-state index in [1.165, 1.54) is 25.3 Å². The Labute approximate surface area is 161 Å². The lowest BCUT2D eigenvalue weighted by molar-refractivity contribution is 0.0559. The molecule has 0 atom stereocenters. The average molecular weight is 373 g/mol. The van der Waals surface area contributed by atoms with Crippen LogP contribution in [0, 0.1) is 0 Å². The molecule has 140 valence electrons. The van der Waals surface area contributed by atoms with Gasteiger partial charge < -0.3 is 13.9 Å². The first kappa shape index (κ1) is 16.8. The Balaban J connectivity index is 2.04. The van der Waals surface area contributed by atoms with E-state index >= 15 is 0 Å². The van der Waals surface area contributed by atoms with Crippen LogP contribution < -0.4 is 0 Å². The molecular formula is C23H19NO4. The number of rotatable bonds is 3. The summed E-state index contributed by atoms with van der Waals surface area (Å²) in [7, 11) is 2.67. The van der Waals surface area contributed by atoms with E-state index in [4.69, 9.17) is 9.47 Å². The van der Waals surface area contributed by atoms with Crippen LogP contribution in [-0.4, -0.2) is 30.6 Å². The van der Waals surface area contributed by atoms with Crippen molar-refractivity contribution in [2.45, 2.75) is 19.3 Å². The largest absolute Gasteiger partial charge is 0.465 e. The van der Waals surface area contributed by atoms with E-state index in [0.29, 0.717) is 5.52 Å². The Morgan fingerprint density at radius 3 is 2.29 bits per heavy atom. The molecule has 0 unspecified atom stereocenters. The van der Waals surface area contributed by atoms with Gasteiger partial charge in [-0.05, 0) is 42.0 Å². The normalized spacial score (nSPS) is 13.2. The van der Waals surface area contributed by atoms with Gasteiger partial charge in [-0.15, -0.1) is 0 Å². The summed E-state index contributed by atoms with van der Waals surface area (Å²) >= 11 is 0. The predicted octanol–water partition coefficient (Wildman–Crippen LogP) is 4.26. The molecule has 0 spiro atoms. The highest BCUT2D eigenvalue weighted by Crippen LogP contribution is 2.44. The van der Waals surface area contributed by atoms with E-state index in [1.807, 2.05) is 36.4 Å². The lowest BCUT2D eigenvalue weighted by Gasteiger charge is -2.15. The molecule has 0 bridgehead atoms. The smallest absolute Gasteiger partial charge is 0.340 e. The van der Waals surface area contributed by atoms with Crippen LogP contribution in [-0.2, 0) is 22.3 Å². The van der Waals surface area contributed by atoms with Crippen molar-refractivity contribution >= 4 is 28.5 Å². The summed E-state index contributed by atoms with van der Waals surface area (Å²) in [5.41, 5.74) is 7.59. The molecule has 1 aliphatic carbocycles. The summed E-state index contributed by atoms with van der Waals surface area (Å²) < 4.78 is 12.2. The molecule has 0 fully saturated rings. The zero-order valence-corrected chi connectivity index (χ0v) is 15.7. The summed E-state index contributed by atoms with van der Waals surface area (Å²) in [6.45, 7) is 0. The SMILES string of the molecule is COC(=O)c1c(C(=O)OC)c2c(-c3ccccc3)c3c4c(ccc1n42)CCC3. The maximum Gasteiger partial charge on any atom is 0.340 e. The van der Waals surface area contributed by atoms with Gasteiger partial charge in [0, 0.05) is 5.56 Å². The molecule has 0 saturated carbocycles. The van der Waals surface area contributed by atoms with E-state index in [-0.39, 0.29) is 11.1 Å². The second kappa shape index (κ2) is 6.09. The number of benzene rings is 1. The Morgan fingerprint density at radius 1 is 0.857 bits per heavy atom. The van der Waals surface area contributed by atoms with Crippen molar-refractivity contribution < 1.29 is 19.1 Å². The molecule has 0 saturated heterocycles. The molecule has 1 aromatic carbocycles. The molecule has 5 nitrogen and oxygen atoms in total. The van der Waals surface area contributed by atoms with Crippen molar-refractivity contribution in [1.82, 2.24) is 4.40 Å². The number of ether oxygens (including phenoxy) is 2. The zero-order valence-electron chi connectivity index (χ0n) is 15.7. The van der Waals surface area contributed by atoms with Crippen LogP contribution in [0.2, 0.25) is 0 Å². The third kappa shape index (κ3) is 2.07. The number of carbonyl (C=O) groups is 2. The summed E-state index contributed by atoms with van der Waals surface area (Å²) in [4.78, 5) is 25.5. The van der Waals surface area contributed by atoms with Gasteiger partial charge in [0.1, 0.15) is 11.1 Å². The number of pyridine rings is 1. The van der Waals surface area contributed by atoms with E-state index in [2.05, 4.69) is 10.5 Å². The van der Waals surface area contributed by atoms with Gasteiger partial charge in [0.15, 0.2) is 0 Å². The zero-order chi connectivity index (χ0) is 19.4. The van der Waals surface area contributed by atoms with E-state index in [0.717, 1.165) is 41.4 Å². The molecule has 3 heterocycles. The van der Waals surface area contributed by atoms with Gasteiger partial charge in [-0.2, -0.15) is 0 Å². The molecule has 1 aliphatic rings. The molecule has 28 heavy (non-hydrogen) atoms. The number of methoxy groups -OCH3 is 2. The maximum atomic E-state index is 12.8. The van der Waals surface area contributed by atoms with Crippen molar-refractivity contribution in [3.05, 3.63) is 64.7 Å². The summed E-state index contributed by atoms with van der Waals surface area (Å²) in [5, 5.41) is 0. The highest BCUT2D eigenvalue weighted by Gasteiger charge is 2.34. The van der Waals surface area contributed by atoms with Gasteiger partial charge in [0.05, 0.1) is 30.8 Å². The fourth-order valence-corrected chi connectivity index (χ4v) is 4.64. The molecule has 4 aromatic rings. The van der Waals surface area contributed by atoms with Gasteiger partial charge in [0.2, 0.25) is 0 Å². The molecule has 5 rings (SSSR count). The van der Waals surface area contributed by atoms with Gasteiger partial charge in [-0.25, -0.2) is 9.59 Å². The third-order valence-corrected chi connectivity index (χ3v) is 5.72. The minimum Gasteiger partial charge on any atom is -0.465 e. The van der Waals surface area contributed by atoms with Crippen LogP contribution in [0.25, 0.3) is 27.7 Å². The second-order valence-corrected chi connectivity index (χ2v) is 7.08. The average Bonchev–Trinajstić information content (AvgIpc) is 3.26. The van der Waals surface area contributed by atoms with Crippen molar-refractivity contribution in [2.24, 2.45) is 0 Å². The van der Waals surface area contributed by atoms with Gasteiger partial charge in [-0.1, -0.05) is 36.4 Å². The Hall–Kier alpha value is -3.34. The van der Waals surface area contributed by atoms with Crippen molar-refractivity contribution in [3.8, 4) is 11.1 Å². The Bertz CT molecular complexity index is 1240. The van der Waals surface area contributed by atoms with Crippen molar-refractivity contribution in [2.75, 3.05) is 14.2 Å². The highest BCUT2D eigenvalue weighted by atomic mass is 16.5. The van der Waals surface area contributed by atoms with Crippen molar-refractivity contribution in [3.63, 3.8) is 0 Å². The monoisotopic (exact) mass is 373 g/mol. The van der Waals surface area contributed by atoms with Crippen molar-refractivity contribution in [1.29, 1.82) is 0 Å². The van der Waals surface area contributed by atoms with Gasteiger partial charge in [0.25, 0.3) is 0 Å². The van der Waals surface area contributed by atoms with E-state index in [9.17, 15) is 9.59 Å². The van der Waals surface area contributed by atoms with Crippen LogP contribution in [0.3, 0.4) is 0 Å². The molecule has 3 aromatic heterocycles. The number of hydrogen-bond acceptors (Lipinski definition) is 4. The summed E-state index contributed by atoms with van der Waals surface area (Å²) in [5.74, 6) is -1.06. The fourth-order valence-electron chi connectivity index (χ4n) is 4.64. The first-order chi connectivity index (χ1) is 13.7. The number of nitrogens with zero attached hydrogens (tertiary/aromatic N) is 1. The lowest BCUT2D eigenvalue weighted by atomic mass is 9.90. The molecule has 5 heteroatoms. The number of esters is 2. The van der Waals surface area contributed by atoms with Gasteiger partial charge in [-0.3, -0.25) is 0 Å². The Morgan fingerprint density at radius 2 is 1.57 bits per heavy atom. The first-order valence-electron chi connectivity index (χ1n) is 9.33. The van der Waals surface area contributed by atoms with Crippen LogP contribution in [0.4, 0.5) is 0 Å². The topological polar surface area (TPSA) is 57.0 Å². The molecule has 0 aliphatic heterocycles. The standard InChI is InChI=1S/C23H19NO4/c1-27-22(25)18-16-12-11-14-9-6-10-15-17(13-7-4-3-5-8-13)21(24(16)20(14)15)19(18)23(26)28-2/h3-5,7-8,11-12H,6,9-10H2,1-2H3. The molecule has 0 radical (unpaired) electrons. The number of aromatic nitrogens is 1. The quantitative estimate of drug-likeness (QED) is 0.504. The maximum absolute atomic E-state index is 12.8. The number of hydrogen-bond donors (Lipinski definition) is 0. The van der Waals surface area contributed by atoms with Gasteiger partial charge >= 0.3 is 11.9 Å². The minimum absolute atomic E-state index is 0.269. The fraction of sp³-hybridized carbons (Fsp3) is 0.217. The minimum atomic E-state index is -0.532. The number of carbonyl (C=O) groups excluding carboxylic acids is 2. The molecular weight excluding hydrogens is 354 g/mol. The predicted molar refractivity (Wildman–Crippen MR) is 106 cm³/mol. The Kier molecular flexibility index (Phi) is 3.66. The summed E-state index contributed by atoms with van der Waals surface area (Å²) in [6.07, 6.45) is 2.98. The first-order valence-corrected chi connectivity index (χ1v) is 9.33. The lowest BCUT2D eigenvalue weighted by Crippen LogP contribution is -2.10.